The summed E-state index contributed by atoms with van der Waals surface area (Å²) in [5, 5.41) is 28.3. The molecule has 0 radical (unpaired) electrons. The highest BCUT2D eigenvalue weighted by molar-refractivity contribution is 7.91. The zero-order valence-electron chi connectivity index (χ0n) is 12.1. The molecule has 9 nitrogen and oxygen atoms in total. The molecular weight excluding hydrogens is 350 g/mol. The van der Waals surface area contributed by atoms with Crippen LogP contribution in [0.3, 0.4) is 0 Å². The molecule has 0 spiro atoms. The van der Waals surface area contributed by atoms with E-state index in [1.807, 2.05) is 0 Å². The van der Waals surface area contributed by atoms with Crippen molar-refractivity contribution in [3.05, 3.63) is 39.4 Å². The first-order valence-corrected chi connectivity index (χ1v) is 10.1. The molecule has 0 aromatic heterocycles. The average molecular weight is 367 g/mol. The molecule has 0 aliphatic rings. The van der Waals surface area contributed by atoms with Gasteiger partial charge in [0.25, 0.3) is 5.69 Å². The lowest BCUT2D eigenvalue weighted by molar-refractivity contribution is -0.384. The SMILES string of the molecule is O=[N+]([O-])c1ccc(CS(=O)(=O)CCO)c(CS(=O)(=O)CCO)c1. The van der Waals surface area contributed by atoms with Gasteiger partial charge in [-0.3, -0.25) is 10.1 Å². The molecule has 0 bridgehead atoms. The van der Waals surface area contributed by atoms with Crippen LogP contribution >= 0.6 is 0 Å². The van der Waals surface area contributed by atoms with E-state index in [0.29, 0.717) is 0 Å². The van der Waals surface area contributed by atoms with Crippen LogP contribution in [-0.2, 0) is 31.2 Å². The standard InChI is InChI=1S/C12H17NO8S2/c14-3-5-22(18,19)8-10-1-2-12(13(16)17)7-11(10)9-23(20,21)6-4-15/h1-2,7,14-15H,3-6,8-9H2. The number of hydrogen-bond acceptors (Lipinski definition) is 8. The fraction of sp³-hybridized carbons (Fsp3) is 0.500. The molecule has 0 saturated carbocycles. The molecule has 130 valence electrons. The van der Waals surface area contributed by atoms with Gasteiger partial charge in [0.1, 0.15) is 0 Å². The average Bonchev–Trinajstić information content (AvgIpc) is 2.39. The van der Waals surface area contributed by atoms with Crippen molar-refractivity contribution in [1.29, 1.82) is 0 Å². The van der Waals surface area contributed by atoms with Gasteiger partial charge in [0, 0.05) is 12.1 Å². The summed E-state index contributed by atoms with van der Waals surface area (Å²) in [5.41, 5.74) is -0.248. The summed E-state index contributed by atoms with van der Waals surface area (Å²) in [4.78, 5) is 10.1. The summed E-state index contributed by atoms with van der Waals surface area (Å²) in [6.45, 7) is -1.18. The normalized spacial score (nSPS) is 12.3. The molecule has 0 aliphatic heterocycles. The number of nitro groups is 1. The third-order valence-electron chi connectivity index (χ3n) is 2.96. The summed E-state index contributed by atoms with van der Waals surface area (Å²) >= 11 is 0. The third-order valence-corrected chi connectivity index (χ3v) is 6.07. The van der Waals surface area contributed by atoms with E-state index in [2.05, 4.69) is 0 Å². The van der Waals surface area contributed by atoms with Crippen molar-refractivity contribution in [2.75, 3.05) is 24.7 Å². The Hall–Kier alpha value is -1.56. The second-order valence-electron chi connectivity index (χ2n) is 4.84. The van der Waals surface area contributed by atoms with Gasteiger partial charge in [-0.05, 0) is 11.1 Å². The first-order chi connectivity index (χ1) is 10.6. The Bertz CT molecular complexity index is 770. The summed E-state index contributed by atoms with van der Waals surface area (Å²) in [6.07, 6.45) is 0. The Morgan fingerprint density at radius 2 is 1.39 bits per heavy atom. The number of non-ortho nitro benzene ring substituents is 1. The highest BCUT2D eigenvalue weighted by Gasteiger charge is 2.21. The second-order valence-corrected chi connectivity index (χ2v) is 9.21. The minimum atomic E-state index is -3.73. The molecule has 1 aromatic rings. The zero-order valence-corrected chi connectivity index (χ0v) is 13.7. The highest BCUT2D eigenvalue weighted by atomic mass is 32.2. The fourth-order valence-corrected chi connectivity index (χ4v) is 4.24. The lowest BCUT2D eigenvalue weighted by Crippen LogP contribution is -2.16. The van der Waals surface area contributed by atoms with Crippen LogP contribution in [0.1, 0.15) is 11.1 Å². The zero-order chi connectivity index (χ0) is 17.7. The van der Waals surface area contributed by atoms with Gasteiger partial charge in [-0.25, -0.2) is 16.8 Å². The maximum Gasteiger partial charge on any atom is 0.269 e. The molecule has 0 heterocycles. The van der Waals surface area contributed by atoms with E-state index >= 15 is 0 Å². The number of nitrogens with zero attached hydrogens (tertiary/aromatic N) is 1. The molecule has 0 fully saturated rings. The van der Waals surface area contributed by atoms with Gasteiger partial charge in [-0.2, -0.15) is 0 Å². The van der Waals surface area contributed by atoms with E-state index in [1.165, 1.54) is 6.07 Å². The lowest BCUT2D eigenvalue weighted by atomic mass is 10.1. The van der Waals surface area contributed by atoms with E-state index in [9.17, 15) is 26.9 Å². The minimum Gasteiger partial charge on any atom is -0.395 e. The third kappa shape index (κ3) is 6.22. The quantitative estimate of drug-likeness (QED) is 0.434. The number of aliphatic hydroxyl groups is 2. The van der Waals surface area contributed by atoms with Crippen molar-refractivity contribution in [1.82, 2.24) is 0 Å². The van der Waals surface area contributed by atoms with Gasteiger partial charge in [-0.1, -0.05) is 6.07 Å². The molecule has 11 heteroatoms. The molecule has 1 rings (SSSR count). The Labute approximate surface area is 133 Å². The first kappa shape index (κ1) is 19.5. The molecule has 0 aliphatic carbocycles. The fourth-order valence-electron chi connectivity index (χ4n) is 1.90. The molecule has 23 heavy (non-hydrogen) atoms. The predicted octanol–water partition coefficient (Wildman–Crippen LogP) is -0.591. The van der Waals surface area contributed by atoms with Crippen LogP contribution in [0.15, 0.2) is 18.2 Å². The highest BCUT2D eigenvalue weighted by Crippen LogP contribution is 2.22. The van der Waals surface area contributed by atoms with Gasteiger partial charge < -0.3 is 10.2 Å². The number of sulfone groups is 2. The maximum atomic E-state index is 11.8. The topological polar surface area (TPSA) is 152 Å². The summed E-state index contributed by atoms with van der Waals surface area (Å²) in [6, 6.07) is 3.29. The Balaban J connectivity index is 3.27. The molecule has 0 amide bonds. The van der Waals surface area contributed by atoms with Gasteiger partial charge in [0.05, 0.1) is 41.1 Å². The molecule has 1 aromatic carbocycles. The smallest absolute Gasteiger partial charge is 0.269 e. The van der Waals surface area contributed by atoms with E-state index in [-0.39, 0.29) is 16.8 Å². The molecular formula is C12H17NO8S2. The molecule has 0 atom stereocenters. The number of rotatable bonds is 9. The van der Waals surface area contributed by atoms with Gasteiger partial charge in [-0.15, -0.1) is 0 Å². The Kier molecular flexibility index (Phi) is 6.62. The Morgan fingerprint density at radius 1 is 0.913 bits per heavy atom. The van der Waals surface area contributed by atoms with Crippen molar-refractivity contribution in [3.8, 4) is 0 Å². The number of benzene rings is 1. The van der Waals surface area contributed by atoms with Crippen molar-refractivity contribution >= 4 is 25.4 Å². The monoisotopic (exact) mass is 367 g/mol. The van der Waals surface area contributed by atoms with Gasteiger partial charge in [0.2, 0.25) is 0 Å². The molecule has 0 saturated heterocycles. The maximum absolute atomic E-state index is 11.8. The van der Waals surface area contributed by atoms with Crippen LogP contribution in [0.2, 0.25) is 0 Å². The summed E-state index contributed by atoms with van der Waals surface area (Å²) in [7, 11) is -7.41. The van der Waals surface area contributed by atoms with Gasteiger partial charge in [0.15, 0.2) is 19.7 Å². The van der Waals surface area contributed by atoms with E-state index in [0.717, 1.165) is 12.1 Å². The summed E-state index contributed by atoms with van der Waals surface area (Å²) < 4.78 is 47.2. The van der Waals surface area contributed by atoms with E-state index in [1.54, 1.807) is 0 Å². The van der Waals surface area contributed by atoms with Crippen molar-refractivity contribution < 1.29 is 32.0 Å². The number of hydrogen-bond donors (Lipinski definition) is 2. The Morgan fingerprint density at radius 3 is 1.83 bits per heavy atom. The predicted molar refractivity (Wildman–Crippen MR) is 82.2 cm³/mol. The van der Waals surface area contributed by atoms with Crippen molar-refractivity contribution in [3.63, 3.8) is 0 Å². The van der Waals surface area contributed by atoms with Crippen molar-refractivity contribution in [2.45, 2.75) is 11.5 Å². The number of aliphatic hydroxyl groups excluding tert-OH is 2. The van der Waals surface area contributed by atoms with Crippen LogP contribution in [0.5, 0.6) is 0 Å². The molecule has 2 N–H and O–H groups in total. The van der Waals surface area contributed by atoms with Crippen LogP contribution < -0.4 is 0 Å². The van der Waals surface area contributed by atoms with Crippen LogP contribution in [0, 0.1) is 10.1 Å². The second kappa shape index (κ2) is 7.81. The van der Waals surface area contributed by atoms with E-state index < -0.39 is 60.8 Å². The largest absolute Gasteiger partial charge is 0.395 e. The van der Waals surface area contributed by atoms with Gasteiger partial charge >= 0.3 is 0 Å². The minimum absolute atomic E-state index is 0.00540. The lowest BCUT2D eigenvalue weighted by Gasteiger charge is -2.10. The molecule has 0 unspecified atom stereocenters. The van der Waals surface area contributed by atoms with Crippen LogP contribution in [0.25, 0.3) is 0 Å². The van der Waals surface area contributed by atoms with Crippen LogP contribution in [-0.4, -0.2) is 56.7 Å². The van der Waals surface area contributed by atoms with E-state index in [4.69, 9.17) is 10.2 Å². The van der Waals surface area contributed by atoms with Crippen molar-refractivity contribution in [2.24, 2.45) is 0 Å². The van der Waals surface area contributed by atoms with Crippen LogP contribution in [0.4, 0.5) is 5.69 Å². The summed E-state index contributed by atoms with van der Waals surface area (Å²) in [5.74, 6) is -2.17. The first-order valence-electron chi connectivity index (χ1n) is 6.49. The number of nitro benzene ring substituents is 1.